The number of benzene rings is 7. The normalized spacial score (nSPS) is 12.0. The number of hydrogen-bond acceptors (Lipinski definition) is 1. The molecule has 0 aliphatic carbocycles. The van der Waals surface area contributed by atoms with E-state index < -0.39 is 0 Å². The Balaban J connectivity index is 1.25. The first-order chi connectivity index (χ1) is 22.3. The van der Waals surface area contributed by atoms with Gasteiger partial charge in [0.2, 0.25) is 0 Å². The van der Waals surface area contributed by atoms with Gasteiger partial charge in [0.15, 0.2) is 0 Å². The highest BCUT2D eigenvalue weighted by Gasteiger charge is 2.18. The van der Waals surface area contributed by atoms with E-state index in [0.29, 0.717) is 0 Å². The van der Waals surface area contributed by atoms with Crippen LogP contribution < -0.4 is 0 Å². The molecule has 0 saturated carbocycles. The number of aromatic nitrogens is 2. The molecule has 7 aromatic carbocycles. The molecule has 0 N–H and O–H groups in total. The summed E-state index contributed by atoms with van der Waals surface area (Å²) in [4.78, 5) is 0. The number of hydrogen-bond donors (Lipinski definition) is 0. The lowest BCUT2D eigenvalue weighted by Gasteiger charge is -2.11. The van der Waals surface area contributed by atoms with Crippen molar-refractivity contribution in [2.45, 2.75) is 0 Å². The van der Waals surface area contributed by atoms with Crippen LogP contribution in [0.2, 0.25) is 0 Å². The highest BCUT2D eigenvalue weighted by atomic mass is 32.1. The molecule has 0 aliphatic heterocycles. The summed E-state index contributed by atoms with van der Waals surface area (Å²) in [7, 11) is 0. The van der Waals surface area contributed by atoms with Gasteiger partial charge in [-0.25, -0.2) is 0 Å². The van der Waals surface area contributed by atoms with E-state index in [4.69, 9.17) is 0 Å². The van der Waals surface area contributed by atoms with Gasteiger partial charge in [-0.15, -0.1) is 11.3 Å². The number of para-hydroxylation sites is 3. The summed E-state index contributed by atoms with van der Waals surface area (Å²) in [6, 6.07) is 57.7. The van der Waals surface area contributed by atoms with Crippen molar-refractivity contribution >= 4 is 75.1 Å². The summed E-state index contributed by atoms with van der Waals surface area (Å²) < 4.78 is 7.51. The Labute approximate surface area is 263 Å². The van der Waals surface area contributed by atoms with Crippen molar-refractivity contribution in [3.63, 3.8) is 0 Å². The molecule has 0 atom stereocenters. The van der Waals surface area contributed by atoms with E-state index in [-0.39, 0.29) is 0 Å². The minimum atomic E-state index is 1.17. The van der Waals surface area contributed by atoms with Crippen molar-refractivity contribution in [3.8, 4) is 22.5 Å². The van der Waals surface area contributed by atoms with Crippen molar-refractivity contribution in [1.82, 2.24) is 9.13 Å². The zero-order chi connectivity index (χ0) is 29.5. The fourth-order valence-electron chi connectivity index (χ4n) is 7.32. The first-order valence-electron chi connectivity index (χ1n) is 15.4. The highest BCUT2D eigenvalue weighted by molar-refractivity contribution is 7.26. The quantitative estimate of drug-likeness (QED) is 0.194. The third kappa shape index (κ3) is 3.56. The Morgan fingerprint density at radius 3 is 1.60 bits per heavy atom. The smallest absolute Gasteiger partial charge is 0.0640 e. The summed E-state index contributed by atoms with van der Waals surface area (Å²) in [6.45, 7) is 0. The first kappa shape index (κ1) is 24.8. The van der Waals surface area contributed by atoms with Gasteiger partial charge >= 0.3 is 0 Å². The summed E-state index contributed by atoms with van der Waals surface area (Å²) in [5, 5.41) is 7.72. The maximum atomic E-state index is 2.48. The van der Waals surface area contributed by atoms with Gasteiger partial charge in [-0.2, -0.15) is 0 Å². The van der Waals surface area contributed by atoms with E-state index >= 15 is 0 Å². The molecule has 0 bridgehead atoms. The topological polar surface area (TPSA) is 9.86 Å². The lowest BCUT2D eigenvalue weighted by Crippen LogP contribution is -1.94. The number of rotatable bonds is 3. The van der Waals surface area contributed by atoms with Gasteiger partial charge < -0.3 is 9.13 Å². The van der Waals surface area contributed by atoms with Crippen LogP contribution >= 0.6 is 11.3 Å². The maximum absolute atomic E-state index is 2.48. The molecule has 0 saturated heterocycles. The molecule has 0 spiro atoms. The molecule has 0 fully saturated rings. The van der Waals surface area contributed by atoms with E-state index in [9.17, 15) is 0 Å². The molecule has 2 nitrogen and oxygen atoms in total. The Hall–Kier alpha value is -5.64. The summed E-state index contributed by atoms with van der Waals surface area (Å²) in [5.41, 5.74) is 9.72. The second-order valence-electron chi connectivity index (χ2n) is 11.8. The fraction of sp³-hybridized carbons (Fsp3) is 0. The average molecular weight is 591 g/mol. The molecule has 10 rings (SSSR count). The van der Waals surface area contributed by atoms with E-state index in [2.05, 4.69) is 167 Å². The standard InChI is InChI=1S/C42H26N2S/c1-2-11-29(12-3-1)43-36-17-7-4-13-30(36)32-23-21-27(25-39(32)43)28-22-24-33-31-14-5-8-18-37(31)44(40(33)26-28)38-19-10-16-35-34-15-6-9-20-41(34)45-42(35)38/h1-26H. The monoisotopic (exact) mass is 590 g/mol. The van der Waals surface area contributed by atoms with Crippen molar-refractivity contribution < 1.29 is 0 Å². The Kier molecular flexibility index (Phi) is 5.19. The third-order valence-electron chi connectivity index (χ3n) is 9.32. The van der Waals surface area contributed by atoms with Crippen LogP contribution in [-0.4, -0.2) is 9.13 Å². The molecular formula is C42H26N2S. The van der Waals surface area contributed by atoms with Crippen molar-refractivity contribution in [3.05, 3.63) is 158 Å². The van der Waals surface area contributed by atoms with Crippen LogP contribution in [-0.2, 0) is 0 Å². The Morgan fingerprint density at radius 1 is 0.356 bits per heavy atom. The molecule has 0 unspecified atom stereocenters. The van der Waals surface area contributed by atoms with Crippen LogP contribution in [0.3, 0.4) is 0 Å². The van der Waals surface area contributed by atoms with Gasteiger partial charge in [0, 0.05) is 42.7 Å². The molecule has 210 valence electrons. The van der Waals surface area contributed by atoms with E-state index in [1.54, 1.807) is 0 Å². The zero-order valence-electron chi connectivity index (χ0n) is 24.3. The average Bonchev–Trinajstić information content (AvgIpc) is 3.76. The number of thiophene rings is 1. The minimum absolute atomic E-state index is 1.17. The molecule has 3 heterocycles. The predicted molar refractivity (Wildman–Crippen MR) is 193 cm³/mol. The van der Waals surface area contributed by atoms with Gasteiger partial charge in [0.25, 0.3) is 0 Å². The van der Waals surface area contributed by atoms with Crippen LogP contribution in [0.25, 0.3) is 86.3 Å². The van der Waals surface area contributed by atoms with Crippen LogP contribution in [0.15, 0.2) is 158 Å². The van der Waals surface area contributed by atoms with Crippen LogP contribution in [0.1, 0.15) is 0 Å². The lowest BCUT2D eigenvalue weighted by molar-refractivity contribution is 1.18. The van der Waals surface area contributed by atoms with E-state index in [1.807, 2.05) is 11.3 Å². The maximum Gasteiger partial charge on any atom is 0.0640 e. The molecule has 10 aromatic rings. The molecule has 0 amide bonds. The molecule has 0 radical (unpaired) electrons. The van der Waals surface area contributed by atoms with Crippen LogP contribution in [0.4, 0.5) is 0 Å². The van der Waals surface area contributed by atoms with Gasteiger partial charge in [0.05, 0.1) is 32.5 Å². The Bertz CT molecular complexity index is 2760. The minimum Gasteiger partial charge on any atom is -0.309 e. The first-order valence-corrected chi connectivity index (χ1v) is 16.2. The lowest BCUT2D eigenvalue weighted by atomic mass is 10.0. The SMILES string of the molecule is c1ccc(-n2c3ccccc3c3ccc(-c4ccc5c6ccccc6n(-c6cccc7c6sc6ccccc67)c5c4)cc32)cc1. The molecule has 0 aliphatic rings. The second kappa shape index (κ2) is 9.43. The number of nitrogens with zero attached hydrogens (tertiary/aromatic N) is 2. The molecule has 3 aromatic heterocycles. The van der Waals surface area contributed by atoms with Crippen LogP contribution in [0.5, 0.6) is 0 Å². The van der Waals surface area contributed by atoms with E-state index in [0.717, 1.165) is 0 Å². The largest absolute Gasteiger partial charge is 0.309 e. The number of fused-ring (bicyclic) bond motifs is 9. The van der Waals surface area contributed by atoms with Crippen molar-refractivity contribution in [2.75, 3.05) is 0 Å². The van der Waals surface area contributed by atoms with Crippen molar-refractivity contribution in [1.29, 1.82) is 0 Å². The summed E-state index contributed by atoms with van der Waals surface area (Å²) in [5.74, 6) is 0. The fourth-order valence-corrected chi connectivity index (χ4v) is 8.53. The Morgan fingerprint density at radius 2 is 0.889 bits per heavy atom. The molecular weight excluding hydrogens is 565 g/mol. The van der Waals surface area contributed by atoms with Crippen molar-refractivity contribution in [2.24, 2.45) is 0 Å². The van der Waals surface area contributed by atoms with Gasteiger partial charge in [-0.1, -0.05) is 109 Å². The zero-order valence-corrected chi connectivity index (χ0v) is 25.1. The predicted octanol–water partition coefficient (Wildman–Crippen LogP) is 11.9. The summed E-state index contributed by atoms with van der Waals surface area (Å²) >= 11 is 1.88. The van der Waals surface area contributed by atoms with Gasteiger partial charge in [0.1, 0.15) is 0 Å². The summed E-state index contributed by atoms with van der Waals surface area (Å²) in [6.07, 6.45) is 0. The van der Waals surface area contributed by atoms with Gasteiger partial charge in [-0.05, 0) is 59.7 Å². The molecule has 3 heteroatoms. The molecule has 45 heavy (non-hydrogen) atoms. The van der Waals surface area contributed by atoms with E-state index in [1.165, 1.54) is 86.3 Å². The third-order valence-corrected chi connectivity index (χ3v) is 10.5. The highest BCUT2D eigenvalue weighted by Crippen LogP contribution is 2.42. The second-order valence-corrected chi connectivity index (χ2v) is 12.8. The van der Waals surface area contributed by atoms with Crippen LogP contribution in [0, 0.1) is 0 Å². The van der Waals surface area contributed by atoms with Gasteiger partial charge in [-0.3, -0.25) is 0 Å².